The smallest absolute Gasteiger partial charge is 0.302 e. The number of rotatable bonds is 12. The third-order valence-corrected chi connectivity index (χ3v) is 5.12. The van der Waals surface area contributed by atoms with Crippen molar-refractivity contribution in [3.05, 3.63) is 12.2 Å². The van der Waals surface area contributed by atoms with E-state index in [0.29, 0.717) is 0 Å². The van der Waals surface area contributed by atoms with Crippen LogP contribution in [0.4, 0.5) is 0 Å². The molecule has 0 heterocycles. The fourth-order valence-electron chi connectivity index (χ4n) is 2.68. The Bertz CT molecular complexity index is 305. The molecule has 0 amide bonds. The predicted molar refractivity (Wildman–Crippen MR) is 95.5 cm³/mol. The van der Waals surface area contributed by atoms with Gasteiger partial charge in [-0.3, -0.25) is 4.79 Å². The Morgan fingerprint density at radius 1 is 1.10 bits per heavy atom. The lowest BCUT2D eigenvalue weighted by Gasteiger charge is -2.20. The van der Waals surface area contributed by atoms with Crippen LogP contribution in [-0.2, 0) is 9.53 Å². The molecule has 124 valence electrons. The highest BCUT2D eigenvalue weighted by atomic mass is 28.3. The van der Waals surface area contributed by atoms with E-state index in [-0.39, 0.29) is 12.1 Å². The number of unbranched alkanes of at least 4 members (excludes halogenated alkanes) is 4. The van der Waals surface area contributed by atoms with Gasteiger partial charge in [-0.25, -0.2) is 0 Å². The highest BCUT2D eigenvalue weighted by Gasteiger charge is 2.17. The summed E-state index contributed by atoms with van der Waals surface area (Å²) in [5.41, 5.74) is 1.33. The van der Waals surface area contributed by atoms with Gasteiger partial charge in [-0.15, -0.1) is 6.58 Å². The average Bonchev–Trinajstić information content (AvgIpc) is 2.32. The van der Waals surface area contributed by atoms with Gasteiger partial charge in [-0.2, -0.15) is 0 Å². The maximum atomic E-state index is 11.2. The molecule has 0 aromatic carbocycles. The quantitative estimate of drug-likeness (QED) is 0.192. The van der Waals surface area contributed by atoms with Crippen LogP contribution in [0, 0.1) is 0 Å². The first-order valence-electron chi connectivity index (χ1n) is 8.58. The lowest BCUT2D eigenvalue weighted by atomic mass is 10.0. The van der Waals surface area contributed by atoms with E-state index in [0.717, 1.165) is 19.3 Å². The van der Waals surface area contributed by atoms with Crippen molar-refractivity contribution in [2.75, 3.05) is 0 Å². The highest BCUT2D eigenvalue weighted by molar-refractivity contribution is 6.76. The molecule has 0 aliphatic rings. The van der Waals surface area contributed by atoms with E-state index < -0.39 is 8.07 Å². The first-order valence-corrected chi connectivity index (χ1v) is 12.3. The third-order valence-electron chi connectivity index (χ3n) is 3.56. The van der Waals surface area contributed by atoms with E-state index in [9.17, 15) is 4.79 Å². The summed E-state index contributed by atoms with van der Waals surface area (Å²) in [5.74, 6) is -0.149. The van der Waals surface area contributed by atoms with Gasteiger partial charge < -0.3 is 4.74 Å². The molecule has 0 spiro atoms. The van der Waals surface area contributed by atoms with Gasteiger partial charge in [0.2, 0.25) is 0 Å². The molecule has 0 rings (SSSR count). The minimum atomic E-state index is -1.07. The zero-order valence-corrected chi connectivity index (χ0v) is 16.0. The molecule has 0 aliphatic heterocycles. The van der Waals surface area contributed by atoms with Crippen molar-refractivity contribution < 1.29 is 9.53 Å². The summed E-state index contributed by atoms with van der Waals surface area (Å²) in [6.07, 6.45) is 9.32. The summed E-state index contributed by atoms with van der Waals surface area (Å²) in [7, 11) is -1.07. The molecular weight excluding hydrogens is 276 g/mol. The Morgan fingerprint density at radius 2 is 1.71 bits per heavy atom. The maximum Gasteiger partial charge on any atom is 0.302 e. The van der Waals surface area contributed by atoms with E-state index in [4.69, 9.17) is 4.74 Å². The summed E-state index contributed by atoms with van der Waals surface area (Å²) >= 11 is 0. The van der Waals surface area contributed by atoms with Crippen molar-refractivity contribution in [2.45, 2.75) is 97.0 Å². The lowest BCUT2D eigenvalue weighted by molar-refractivity contribution is -0.147. The Labute approximate surface area is 133 Å². The SMILES string of the molecule is C=C(CCC(CCCCCCC)OC(C)=O)C[Si](C)(C)C. The minimum Gasteiger partial charge on any atom is -0.463 e. The van der Waals surface area contributed by atoms with Gasteiger partial charge in [0.25, 0.3) is 0 Å². The Morgan fingerprint density at radius 3 is 2.24 bits per heavy atom. The molecule has 2 nitrogen and oxygen atoms in total. The van der Waals surface area contributed by atoms with E-state index >= 15 is 0 Å². The summed E-state index contributed by atoms with van der Waals surface area (Å²) < 4.78 is 5.47. The van der Waals surface area contributed by atoms with Crippen molar-refractivity contribution in [3.8, 4) is 0 Å². The molecule has 0 aliphatic carbocycles. The summed E-state index contributed by atoms with van der Waals surface area (Å²) in [6, 6.07) is 1.18. The van der Waals surface area contributed by atoms with Crippen LogP contribution in [0.1, 0.15) is 65.2 Å². The number of allylic oxidation sites excluding steroid dienone is 1. The van der Waals surface area contributed by atoms with Crippen LogP contribution in [-0.4, -0.2) is 20.1 Å². The van der Waals surface area contributed by atoms with Crippen LogP contribution < -0.4 is 0 Å². The van der Waals surface area contributed by atoms with E-state index in [1.165, 1.54) is 50.6 Å². The molecule has 1 unspecified atom stereocenters. The van der Waals surface area contributed by atoms with Gasteiger partial charge >= 0.3 is 5.97 Å². The number of ether oxygens (including phenoxy) is 1. The molecule has 21 heavy (non-hydrogen) atoms. The summed E-state index contributed by atoms with van der Waals surface area (Å²) in [6.45, 7) is 15.1. The van der Waals surface area contributed by atoms with Crippen LogP contribution in [0.2, 0.25) is 25.7 Å². The molecule has 1 atom stereocenters. The van der Waals surface area contributed by atoms with Crippen LogP contribution in [0.15, 0.2) is 12.2 Å². The van der Waals surface area contributed by atoms with Gasteiger partial charge in [0.15, 0.2) is 0 Å². The zero-order valence-electron chi connectivity index (χ0n) is 15.0. The van der Waals surface area contributed by atoms with Gasteiger partial charge in [-0.1, -0.05) is 57.8 Å². The largest absolute Gasteiger partial charge is 0.463 e. The number of hydrogen-bond acceptors (Lipinski definition) is 2. The minimum absolute atomic E-state index is 0.0857. The van der Waals surface area contributed by atoms with Crippen molar-refractivity contribution in [1.82, 2.24) is 0 Å². The van der Waals surface area contributed by atoms with Gasteiger partial charge in [0, 0.05) is 15.0 Å². The van der Waals surface area contributed by atoms with Crippen molar-refractivity contribution in [3.63, 3.8) is 0 Å². The molecule has 0 N–H and O–H groups in total. The third kappa shape index (κ3) is 14.1. The van der Waals surface area contributed by atoms with Gasteiger partial charge in [0.1, 0.15) is 6.10 Å². The first-order chi connectivity index (χ1) is 9.74. The van der Waals surface area contributed by atoms with E-state index in [1.807, 2.05) is 0 Å². The molecule has 0 saturated heterocycles. The van der Waals surface area contributed by atoms with Crippen LogP contribution in [0.5, 0.6) is 0 Å². The van der Waals surface area contributed by atoms with E-state index in [1.54, 1.807) is 0 Å². The van der Waals surface area contributed by atoms with Gasteiger partial charge in [0.05, 0.1) is 0 Å². The topological polar surface area (TPSA) is 26.3 Å². The second kappa shape index (κ2) is 11.1. The predicted octanol–water partition coefficient (Wildman–Crippen LogP) is 5.95. The molecule has 0 saturated carbocycles. The number of carbonyl (C=O) groups excluding carboxylic acids is 1. The lowest BCUT2D eigenvalue weighted by Crippen LogP contribution is -2.21. The molecular formula is C18H36O2Si. The molecule has 0 fully saturated rings. The molecule has 3 heteroatoms. The monoisotopic (exact) mass is 312 g/mol. The number of esters is 1. The summed E-state index contributed by atoms with van der Waals surface area (Å²) in [5, 5.41) is 0. The van der Waals surface area contributed by atoms with Crippen molar-refractivity contribution in [2.24, 2.45) is 0 Å². The standard InChI is InChI=1S/C18H36O2Si/c1-7-8-9-10-11-12-18(20-17(3)19)14-13-16(2)15-21(4,5)6/h18H,2,7-15H2,1,3-6H3. The number of carbonyl (C=O) groups is 1. The molecule has 0 aromatic heterocycles. The number of hydrogen-bond donors (Lipinski definition) is 0. The molecule has 0 radical (unpaired) electrons. The second-order valence-electron chi connectivity index (χ2n) is 7.46. The van der Waals surface area contributed by atoms with Crippen molar-refractivity contribution in [1.29, 1.82) is 0 Å². The van der Waals surface area contributed by atoms with Crippen molar-refractivity contribution >= 4 is 14.0 Å². The maximum absolute atomic E-state index is 11.2. The summed E-state index contributed by atoms with van der Waals surface area (Å²) in [4.78, 5) is 11.2. The normalized spacial score (nSPS) is 13.0. The van der Waals surface area contributed by atoms with Gasteiger partial charge in [-0.05, 0) is 31.7 Å². The Balaban J connectivity index is 4.06. The van der Waals surface area contributed by atoms with Crippen LogP contribution in [0.3, 0.4) is 0 Å². The fourth-order valence-corrected chi connectivity index (χ4v) is 4.35. The average molecular weight is 313 g/mol. The Kier molecular flexibility index (Phi) is 10.8. The highest BCUT2D eigenvalue weighted by Crippen LogP contribution is 2.22. The Hall–Kier alpha value is -0.573. The second-order valence-corrected chi connectivity index (χ2v) is 12.9. The molecule has 0 aromatic rings. The zero-order chi connectivity index (χ0) is 16.3. The fraction of sp³-hybridized carbons (Fsp3) is 0.833. The van der Waals surface area contributed by atoms with E-state index in [2.05, 4.69) is 33.1 Å². The first kappa shape index (κ1) is 20.4. The molecule has 0 bridgehead atoms. The van der Waals surface area contributed by atoms with Crippen LogP contribution >= 0.6 is 0 Å². The van der Waals surface area contributed by atoms with Crippen LogP contribution in [0.25, 0.3) is 0 Å².